The van der Waals surface area contributed by atoms with Gasteiger partial charge in [0.25, 0.3) is 15.9 Å². The first kappa shape index (κ1) is 18.3. The fourth-order valence-electron chi connectivity index (χ4n) is 2.25. The Bertz CT molecular complexity index is 819. The lowest BCUT2D eigenvalue weighted by Crippen LogP contribution is -2.30. The summed E-state index contributed by atoms with van der Waals surface area (Å²) in [6.45, 7) is 4.84. The monoisotopic (exact) mass is 366 g/mol. The Kier molecular flexibility index (Phi) is 5.85. The van der Waals surface area contributed by atoms with Gasteiger partial charge in [-0.1, -0.05) is 29.8 Å². The van der Waals surface area contributed by atoms with Crippen LogP contribution >= 0.6 is 11.6 Å². The van der Waals surface area contributed by atoms with Gasteiger partial charge in [-0.15, -0.1) is 0 Å². The molecule has 0 radical (unpaired) electrons. The number of hydrogen-bond donors (Lipinski definition) is 1. The molecule has 7 heteroatoms. The van der Waals surface area contributed by atoms with Crippen molar-refractivity contribution in [1.29, 1.82) is 0 Å². The average Bonchev–Trinajstić information content (AvgIpc) is 2.58. The van der Waals surface area contributed by atoms with Gasteiger partial charge in [0.05, 0.1) is 15.5 Å². The highest BCUT2D eigenvalue weighted by molar-refractivity contribution is 7.92. The van der Waals surface area contributed by atoms with Gasteiger partial charge < -0.3 is 4.90 Å². The van der Waals surface area contributed by atoms with E-state index in [0.717, 1.165) is 0 Å². The van der Waals surface area contributed by atoms with E-state index in [2.05, 4.69) is 4.72 Å². The van der Waals surface area contributed by atoms with Gasteiger partial charge in [0.1, 0.15) is 0 Å². The van der Waals surface area contributed by atoms with Crippen molar-refractivity contribution in [2.75, 3.05) is 17.8 Å². The molecule has 0 saturated carbocycles. The number of rotatable bonds is 6. The molecule has 0 aliphatic carbocycles. The van der Waals surface area contributed by atoms with Crippen molar-refractivity contribution in [2.45, 2.75) is 18.7 Å². The maximum atomic E-state index is 12.5. The molecule has 0 fully saturated rings. The minimum atomic E-state index is -3.72. The van der Waals surface area contributed by atoms with Crippen LogP contribution in [0.4, 0.5) is 5.69 Å². The normalized spacial score (nSPS) is 11.1. The summed E-state index contributed by atoms with van der Waals surface area (Å²) in [7, 11) is -3.72. The van der Waals surface area contributed by atoms with E-state index in [0.29, 0.717) is 18.8 Å². The number of benzene rings is 2. The Morgan fingerprint density at radius 2 is 1.71 bits per heavy atom. The summed E-state index contributed by atoms with van der Waals surface area (Å²) in [5.74, 6) is -0.231. The van der Waals surface area contributed by atoms with Crippen LogP contribution in [0.15, 0.2) is 53.4 Å². The summed E-state index contributed by atoms with van der Waals surface area (Å²) >= 11 is 6.11. The lowest BCUT2D eigenvalue weighted by molar-refractivity contribution is 0.0773. The van der Waals surface area contributed by atoms with Crippen LogP contribution in [0.3, 0.4) is 0 Å². The molecule has 128 valence electrons. The first-order chi connectivity index (χ1) is 11.4. The van der Waals surface area contributed by atoms with Crippen LogP contribution in [0.1, 0.15) is 24.2 Å². The fourth-order valence-corrected chi connectivity index (χ4v) is 3.52. The molecule has 2 rings (SSSR count). The first-order valence-electron chi connectivity index (χ1n) is 7.55. The molecule has 2 aromatic rings. The molecule has 0 aliphatic rings. The lowest BCUT2D eigenvalue weighted by atomic mass is 10.1. The molecule has 0 unspecified atom stereocenters. The molecule has 1 amide bonds. The number of amides is 1. The van der Waals surface area contributed by atoms with Crippen molar-refractivity contribution >= 4 is 33.2 Å². The number of nitrogens with one attached hydrogen (secondary N) is 1. The average molecular weight is 367 g/mol. The smallest absolute Gasteiger partial charge is 0.261 e. The van der Waals surface area contributed by atoms with E-state index in [4.69, 9.17) is 11.6 Å². The van der Waals surface area contributed by atoms with Crippen molar-refractivity contribution in [1.82, 2.24) is 4.90 Å². The summed E-state index contributed by atoms with van der Waals surface area (Å²) in [6, 6.07) is 12.5. The Balaban J connectivity index is 2.33. The van der Waals surface area contributed by atoms with Crippen LogP contribution in [-0.4, -0.2) is 32.3 Å². The molecule has 24 heavy (non-hydrogen) atoms. The maximum Gasteiger partial charge on any atom is 0.261 e. The van der Waals surface area contributed by atoms with Crippen LogP contribution in [0.5, 0.6) is 0 Å². The number of carbonyl (C=O) groups is 1. The molecule has 0 bridgehead atoms. The molecule has 0 aliphatic heterocycles. The quantitative estimate of drug-likeness (QED) is 0.849. The second-order valence-corrected chi connectivity index (χ2v) is 7.18. The molecule has 0 spiro atoms. The second kappa shape index (κ2) is 7.68. The van der Waals surface area contributed by atoms with Crippen LogP contribution in [0.2, 0.25) is 5.02 Å². The molecule has 1 N–H and O–H groups in total. The Hall–Kier alpha value is -2.05. The van der Waals surface area contributed by atoms with E-state index in [1.807, 2.05) is 13.8 Å². The first-order valence-corrected chi connectivity index (χ1v) is 9.41. The number of sulfonamides is 1. The molecular formula is C17H19ClN2O3S. The van der Waals surface area contributed by atoms with E-state index in [1.54, 1.807) is 23.1 Å². The standard InChI is InChI=1S/C17H19ClN2O3S/c1-3-20(4-2)17(21)15-12-13(10-11-16(15)18)19-24(22,23)14-8-6-5-7-9-14/h5-12,19H,3-4H2,1-2H3. The predicted octanol–water partition coefficient (Wildman–Crippen LogP) is 3.62. The van der Waals surface area contributed by atoms with Crippen LogP contribution < -0.4 is 4.72 Å². The molecular weight excluding hydrogens is 348 g/mol. The van der Waals surface area contributed by atoms with E-state index >= 15 is 0 Å². The summed E-state index contributed by atoms with van der Waals surface area (Å²) in [4.78, 5) is 14.3. The van der Waals surface area contributed by atoms with Crippen molar-refractivity contribution in [3.63, 3.8) is 0 Å². The number of halogens is 1. The third-order valence-electron chi connectivity index (χ3n) is 3.55. The largest absolute Gasteiger partial charge is 0.339 e. The molecule has 0 atom stereocenters. The molecule has 2 aromatic carbocycles. The Morgan fingerprint density at radius 1 is 1.08 bits per heavy atom. The number of carbonyl (C=O) groups excluding carboxylic acids is 1. The summed E-state index contributed by atoms with van der Waals surface area (Å²) in [5.41, 5.74) is 0.562. The fraction of sp³-hybridized carbons (Fsp3) is 0.235. The zero-order valence-corrected chi connectivity index (χ0v) is 15.1. The van der Waals surface area contributed by atoms with Gasteiger partial charge in [0, 0.05) is 18.8 Å². The van der Waals surface area contributed by atoms with Crippen molar-refractivity contribution in [3.8, 4) is 0 Å². The minimum absolute atomic E-state index is 0.150. The maximum absolute atomic E-state index is 12.5. The topological polar surface area (TPSA) is 66.5 Å². The number of hydrogen-bond acceptors (Lipinski definition) is 3. The van der Waals surface area contributed by atoms with Gasteiger partial charge >= 0.3 is 0 Å². The highest BCUT2D eigenvalue weighted by Crippen LogP contribution is 2.24. The van der Waals surface area contributed by atoms with Gasteiger partial charge in [0.15, 0.2) is 0 Å². The SMILES string of the molecule is CCN(CC)C(=O)c1cc(NS(=O)(=O)c2ccccc2)ccc1Cl. The lowest BCUT2D eigenvalue weighted by Gasteiger charge is -2.20. The number of anilines is 1. The van der Waals surface area contributed by atoms with Gasteiger partial charge in [0.2, 0.25) is 0 Å². The Labute approximate surface area is 147 Å². The minimum Gasteiger partial charge on any atom is -0.339 e. The summed E-state index contributed by atoms with van der Waals surface area (Å²) in [6.07, 6.45) is 0. The molecule has 0 aromatic heterocycles. The van der Waals surface area contributed by atoms with E-state index in [9.17, 15) is 13.2 Å². The van der Waals surface area contributed by atoms with Crippen LogP contribution in [-0.2, 0) is 10.0 Å². The van der Waals surface area contributed by atoms with Crippen molar-refractivity contribution in [2.24, 2.45) is 0 Å². The summed E-state index contributed by atoms with van der Waals surface area (Å²) < 4.78 is 27.2. The number of nitrogens with zero attached hydrogens (tertiary/aromatic N) is 1. The van der Waals surface area contributed by atoms with E-state index < -0.39 is 10.0 Å². The van der Waals surface area contributed by atoms with Gasteiger partial charge in [-0.05, 0) is 44.2 Å². The predicted molar refractivity (Wildman–Crippen MR) is 96.0 cm³/mol. The summed E-state index contributed by atoms with van der Waals surface area (Å²) in [5, 5.41) is 0.287. The third-order valence-corrected chi connectivity index (χ3v) is 5.28. The highest BCUT2D eigenvalue weighted by atomic mass is 35.5. The van der Waals surface area contributed by atoms with Gasteiger partial charge in [-0.25, -0.2) is 8.42 Å². The van der Waals surface area contributed by atoms with Gasteiger partial charge in [-0.2, -0.15) is 0 Å². The third kappa shape index (κ3) is 4.07. The second-order valence-electron chi connectivity index (χ2n) is 5.09. The molecule has 0 saturated heterocycles. The van der Waals surface area contributed by atoms with E-state index in [1.165, 1.54) is 30.3 Å². The Morgan fingerprint density at radius 3 is 2.29 bits per heavy atom. The van der Waals surface area contributed by atoms with Crippen LogP contribution in [0.25, 0.3) is 0 Å². The van der Waals surface area contributed by atoms with Crippen LogP contribution in [0, 0.1) is 0 Å². The zero-order valence-electron chi connectivity index (χ0n) is 13.5. The molecule has 5 nitrogen and oxygen atoms in total. The van der Waals surface area contributed by atoms with Crippen molar-refractivity contribution in [3.05, 3.63) is 59.1 Å². The molecule has 0 heterocycles. The van der Waals surface area contributed by atoms with E-state index in [-0.39, 0.29) is 21.4 Å². The highest BCUT2D eigenvalue weighted by Gasteiger charge is 2.19. The van der Waals surface area contributed by atoms with Crippen molar-refractivity contribution < 1.29 is 13.2 Å². The van der Waals surface area contributed by atoms with Gasteiger partial charge in [-0.3, -0.25) is 9.52 Å². The zero-order chi connectivity index (χ0) is 17.7.